The van der Waals surface area contributed by atoms with E-state index in [9.17, 15) is 4.79 Å². The van der Waals surface area contributed by atoms with Crippen molar-refractivity contribution < 1.29 is 4.79 Å². The van der Waals surface area contributed by atoms with Gasteiger partial charge in [0.15, 0.2) is 0 Å². The number of carbonyl (C=O) groups is 1. The van der Waals surface area contributed by atoms with Crippen LogP contribution in [0.1, 0.15) is 18.4 Å². The third-order valence-corrected chi connectivity index (χ3v) is 2.52. The van der Waals surface area contributed by atoms with E-state index in [2.05, 4.69) is 13.2 Å². The Morgan fingerprint density at radius 3 is 2.24 bits per heavy atom. The Morgan fingerprint density at radius 2 is 1.76 bits per heavy atom. The minimum absolute atomic E-state index is 0.305. The summed E-state index contributed by atoms with van der Waals surface area (Å²) in [7, 11) is 0. The van der Waals surface area contributed by atoms with Crippen LogP contribution in [0.2, 0.25) is 0 Å². The number of rotatable bonds is 6. The Kier molecular flexibility index (Phi) is 4.95. The lowest BCUT2D eigenvalue weighted by Gasteiger charge is -2.08. The summed E-state index contributed by atoms with van der Waals surface area (Å²) in [6.45, 7) is 7.59. The van der Waals surface area contributed by atoms with Crippen molar-refractivity contribution in [2.24, 2.45) is 5.73 Å². The van der Waals surface area contributed by atoms with Crippen LogP contribution in [0, 0.1) is 0 Å². The van der Waals surface area contributed by atoms with Gasteiger partial charge in [0.25, 0.3) is 0 Å². The minimum atomic E-state index is -0.305. The highest BCUT2D eigenvalue weighted by Crippen LogP contribution is 2.23. The van der Waals surface area contributed by atoms with Crippen LogP contribution in [0.3, 0.4) is 0 Å². The van der Waals surface area contributed by atoms with Gasteiger partial charge in [0.1, 0.15) is 0 Å². The first-order chi connectivity index (χ1) is 8.19. The van der Waals surface area contributed by atoms with Crippen molar-refractivity contribution in [3.8, 4) is 0 Å². The van der Waals surface area contributed by atoms with E-state index in [0.717, 1.165) is 16.7 Å². The van der Waals surface area contributed by atoms with Crippen LogP contribution in [0.5, 0.6) is 0 Å². The van der Waals surface area contributed by atoms with E-state index < -0.39 is 0 Å². The minimum Gasteiger partial charge on any atom is -0.370 e. The molecule has 2 N–H and O–H groups in total. The molecule has 0 saturated heterocycles. The standard InChI is InChI=1S/C15H17NO/c1-3-12(10-11-15(16)17)14(4-2)13-8-6-5-7-9-13/h3-9H,1-2,10-11H2,(H2,16,17)/b14-12-. The molecule has 0 spiro atoms. The average molecular weight is 227 g/mol. The summed E-state index contributed by atoms with van der Waals surface area (Å²) in [6.07, 6.45) is 4.46. The van der Waals surface area contributed by atoms with Gasteiger partial charge in [-0.1, -0.05) is 55.6 Å². The van der Waals surface area contributed by atoms with E-state index >= 15 is 0 Å². The third kappa shape index (κ3) is 3.76. The zero-order chi connectivity index (χ0) is 12.7. The molecule has 0 aliphatic heterocycles. The summed E-state index contributed by atoms with van der Waals surface area (Å²) in [5.41, 5.74) is 8.22. The van der Waals surface area contributed by atoms with Crippen LogP contribution in [-0.2, 0) is 4.79 Å². The third-order valence-electron chi connectivity index (χ3n) is 2.52. The molecule has 88 valence electrons. The van der Waals surface area contributed by atoms with Crippen molar-refractivity contribution in [1.29, 1.82) is 0 Å². The molecule has 1 rings (SSSR count). The lowest BCUT2D eigenvalue weighted by Crippen LogP contribution is -2.10. The predicted molar refractivity (Wildman–Crippen MR) is 72.2 cm³/mol. The topological polar surface area (TPSA) is 43.1 Å². The van der Waals surface area contributed by atoms with Gasteiger partial charge in [-0.05, 0) is 23.1 Å². The Balaban J connectivity index is 3.06. The molecule has 0 fully saturated rings. The van der Waals surface area contributed by atoms with Crippen molar-refractivity contribution >= 4 is 11.5 Å². The van der Waals surface area contributed by atoms with Crippen LogP contribution >= 0.6 is 0 Å². The molecular weight excluding hydrogens is 210 g/mol. The zero-order valence-corrected chi connectivity index (χ0v) is 9.86. The van der Waals surface area contributed by atoms with Gasteiger partial charge < -0.3 is 5.73 Å². The largest absolute Gasteiger partial charge is 0.370 e. The zero-order valence-electron chi connectivity index (χ0n) is 9.86. The molecule has 0 atom stereocenters. The van der Waals surface area contributed by atoms with Crippen molar-refractivity contribution in [3.63, 3.8) is 0 Å². The second-order valence-corrected chi connectivity index (χ2v) is 3.68. The molecule has 0 unspecified atom stereocenters. The molecule has 17 heavy (non-hydrogen) atoms. The number of hydrogen-bond acceptors (Lipinski definition) is 1. The van der Waals surface area contributed by atoms with Crippen LogP contribution in [0.4, 0.5) is 0 Å². The van der Waals surface area contributed by atoms with Crippen molar-refractivity contribution in [2.45, 2.75) is 12.8 Å². The fourth-order valence-corrected chi connectivity index (χ4v) is 1.66. The van der Waals surface area contributed by atoms with E-state index in [1.807, 2.05) is 30.3 Å². The highest BCUT2D eigenvalue weighted by atomic mass is 16.1. The van der Waals surface area contributed by atoms with Gasteiger partial charge in [0.2, 0.25) is 5.91 Å². The van der Waals surface area contributed by atoms with E-state index in [4.69, 9.17) is 5.73 Å². The van der Waals surface area contributed by atoms with Crippen molar-refractivity contribution in [2.75, 3.05) is 0 Å². The molecular formula is C15H17NO. The summed E-state index contributed by atoms with van der Waals surface area (Å²) in [6, 6.07) is 9.90. The Hall–Kier alpha value is -2.09. The number of benzene rings is 1. The fourth-order valence-electron chi connectivity index (χ4n) is 1.66. The highest BCUT2D eigenvalue weighted by molar-refractivity contribution is 5.79. The average Bonchev–Trinajstić information content (AvgIpc) is 2.35. The predicted octanol–water partition coefficient (Wildman–Crippen LogP) is 3.08. The number of carbonyl (C=O) groups excluding carboxylic acids is 1. The highest BCUT2D eigenvalue weighted by Gasteiger charge is 2.05. The van der Waals surface area contributed by atoms with Gasteiger partial charge in [-0.15, -0.1) is 0 Å². The first-order valence-corrected chi connectivity index (χ1v) is 5.50. The van der Waals surface area contributed by atoms with Gasteiger partial charge in [-0.3, -0.25) is 4.79 Å². The quantitative estimate of drug-likeness (QED) is 0.746. The summed E-state index contributed by atoms with van der Waals surface area (Å²) in [5.74, 6) is -0.305. The monoisotopic (exact) mass is 227 g/mol. The molecule has 0 aromatic heterocycles. The molecule has 2 heteroatoms. The molecule has 2 nitrogen and oxygen atoms in total. The maximum Gasteiger partial charge on any atom is 0.217 e. The number of primary amides is 1. The number of hydrogen-bond donors (Lipinski definition) is 1. The van der Waals surface area contributed by atoms with E-state index in [1.165, 1.54) is 0 Å². The van der Waals surface area contributed by atoms with Crippen LogP contribution in [0.15, 0.2) is 61.2 Å². The fraction of sp³-hybridized carbons (Fsp3) is 0.133. The normalized spacial score (nSPS) is 11.5. The van der Waals surface area contributed by atoms with E-state index in [0.29, 0.717) is 12.8 Å². The van der Waals surface area contributed by atoms with Gasteiger partial charge in [0, 0.05) is 6.42 Å². The molecule has 0 bridgehead atoms. The molecule has 1 aromatic carbocycles. The maximum absolute atomic E-state index is 10.8. The van der Waals surface area contributed by atoms with Crippen molar-refractivity contribution in [3.05, 3.63) is 66.8 Å². The first-order valence-electron chi connectivity index (χ1n) is 5.50. The van der Waals surface area contributed by atoms with Crippen LogP contribution < -0.4 is 5.73 Å². The Labute approximate surface area is 102 Å². The van der Waals surface area contributed by atoms with Gasteiger partial charge in [-0.2, -0.15) is 0 Å². The van der Waals surface area contributed by atoms with E-state index in [1.54, 1.807) is 12.2 Å². The molecule has 1 aromatic rings. The lowest BCUT2D eigenvalue weighted by molar-refractivity contribution is -0.117. The number of allylic oxidation sites excluding steroid dienone is 4. The summed E-state index contributed by atoms with van der Waals surface area (Å²) in [4.78, 5) is 10.8. The smallest absolute Gasteiger partial charge is 0.217 e. The van der Waals surface area contributed by atoms with E-state index in [-0.39, 0.29) is 5.91 Å². The lowest BCUT2D eigenvalue weighted by atomic mass is 9.96. The van der Waals surface area contributed by atoms with Gasteiger partial charge in [-0.25, -0.2) is 0 Å². The Morgan fingerprint density at radius 1 is 1.12 bits per heavy atom. The number of amides is 1. The Bertz CT molecular complexity index is 443. The maximum atomic E-state index is 10.8. The van der Waals surface area contributed by atoms with Gasteiger partial charge >= 0.3 is 0 Å². The first kappa shape index (κ1) is 13.0. The molecule has 0 aliphatic rings. The molecule has 0 heterocycles. The molecule has 0 radical (unpaired) electrons. The second-order valence-electron chi connectivity index (χ2n) is 3.68. The van der Waals surface area contributed by atoms with Crippen LogP contribution in [-0.4, -0.2) is 5.91 Å². The van der Waals surface area contributed by atoms with Crippen LogP contribution in [0.25, 0.3) is 5.57 Å². The molecule has 0 aliphatic carbocycles. The molecule has 0 saturated carbocycles. The second kappa shape index (κ2) is 6.48. The summed E-state index contributed by atoms with van der Waals surface area (Å²) >= 11 is 0. The SMILES string of the molecule is C=C/C(CCC(N)=O)=C(\C=C)c1ccccc1. The van der Waals surface area contributed by atoms with Gasteiger partial charge in [0.05, 0.1) is 0 Å². The molecule has 1 amide bonds. The summed E-state index contributed by atoms with van der Waals surface area (Å²) in [5, 5.41) is 0. The summed E-state index contributed by atoms with van der Waals surface area (Å²) < 4.78 is 0. The van der Waals surface area contributed by atoms with Crippen molar-refractivity contribution in [1.82, 2.24) is 0 Å². The number of nitrogens with two attached hydrogens (primary N) is 1.